The summed E-state index contributed by atoms with van der Waals surface area (Å²) >= 11 is 0. The zero-order chi connectivity index (χ0) is 23.2. The van der Waals surface area contributed by atoms with Gasteiger partial charge in [-0.1, -0.05) is 36.4 Å². The quantitative estimate of drug-likeness (QED) is 0.557. The van der Waals surface area contributed by atoms with E-state index in [0.29, 0.717) is 29.8 Å². The molecule has 3 aromatic carbocycles. The molecular formula is C26H25N3O4. The van der Waals surface area contributed by atoms with Crippen LogP contribution in [0.1, 0.15) is 44.7 Å². The van der Waals surface area contributed by atoms with E-state index in [-0.39, 0.29) is 18.4 Å². The van der Waals surface area contributed by atoms with Crippen molar-refractivity contribution < 1.29 is 19.1 Å². The first kappa shape index (κ1) is 22.1. The maximum atomic E-state index is 12.7. The third-order valence-corrected chi connectivity index (χ3v) is 5.48. The molecule has 0 bridgehead atoms. The summed E-state index contributed by atoms with van der Waals surface area (Å²) in [4.78, 5) is 38.0. The summed E-state index contributed by atoms with van der Waals surface area (Å²) < 4.78 is 5.75. The van der Waals surface area contributed by atoms with Gasteiger partial charge >= 0.3 is 0 Å². The van der Waals surface area contributed by atoms with Crippen molar-refractivity contribution in [2.24, 2.45) is 5.73 Å². The molecule has 3 N–H and O–H groups in total. The fourth-order valence-corrected chi connectivity index (χ4v) is 3.80. The number of primary amides is 1. The van der Waals surface area contributed by atoms with Crippen LogP contribution < -0.4 is 20.7 Å². The number of rotatable bonds is 8. The van der Waals surface area contributed by atoms with E-state index in [9.17, 15) is 14.4 Å². The maximum absolute atomic E-state index is 12.7. The second-order valence-electron chi connectivity index (χ2n) is 7.85. The van der Waals surface area contributed by atoms with Gasteiger partial charge in [-0.2, -0.15) is 0 Å². The van der Waals surface area contributed by atoms with Crippen LogP contribution in [0.15, 0.2) is 72.8 Å². The molecule has 7 heteroatoms. The smallest absolute Gasteiger partial charge is 0.252 e. The third-order valence-electron chi connectivity index (χ3n) is 5.48. The van der Waals surface area contributed by atoms with Crippen molar-refractivity contribution in [2.75, 3.05) is 11.4 Å². The Morgan fingerprint density at radius 1 is 0.970 bits per heavy atom. The predicted molar refractivity (Wildman–Crippen MR) is 125 cm³/mol. The lowest BCUT2D eigenvalue weighted by molar-refractivity contribution is -0.117. The van der Waals surface area contributed by atoms with Crippen molar-refractivity contribution in [3.05, 3.63) is 95.1 Å². The summed E-state index contributed by atoms with van der Waals surface area (Å²) in [6, 6.07) is 21.5. The van der Waals surface area contributed by atoms with Crippen LogP contribution in [0.4, 0.5) is 5.69 Å². The monoisotopic (exact) mass is 443 g/mol. The van der Waals surface area contributed by atoms with Gasteiger partial charge in [-0.15, -0.1) is 0 Å². The Hall–Kier alpha value is -4.13. The molecule has 7 nitrogen and oxygen atoms in total. The summed E-state index contributed by atoms with van der Waals surface area (Å²) in [5.41, 5.74) is 8.77. The number of ether oxygens (including phenoxy) is 1. The van der Waals surface area contributed by atoms with Crippen LogP contribution in [0.2, 0.25) is 0 Å². The number of nitrogens with two attached hydrogens (primary N) is 1. The number of anilines is 1. The molecule has 4 rings (SSSR count). The Morgan fingerprint density at radius 3 is 2.55 bits per heavy atom. The molecule has 0 saturated carbocycles. The number of nitrogens with one attached hydrogen (secondary N) is 1. The van der Waals surface area contributed by atoms with Crippen molar-refractivity contribution in [2.45, 2.75) is 26.0 Å². The highest BCUT2D eigenvalue weighted by Gasteiger charge is 2.21. The molecule has 1 aliphatic heterocycles. The van der Waals surface area contributed by atoms with Gasteiger partial charge in [0.05, 0.1) is 5.56 Å². The summed E-state index contributed by atoms with van der Waals surface area (Å²) in [6.07, 6.45) is 1.45. The zero-order valence-corrected chi connectivity index (χ0v) is 18.1. The largest absolute Gasteiger partial charge is 0.488 e. The van der Waals surface area contributed by atoms with E-state index in [1.165, 1.54) is 0 Å². The van der Waals surface area contributed by atoms with Gasteiger partial charge < -0.3 is 20.7 Å². The van der Waals surface area contributed by atoms with Crippen molar-refractivity contribution in [3.63, 3.8) is 0 Å². The molecule has 33 heavy (non-hydrogen) atoms. The number of hydrogen-bond acceptors (Lipinski definition) is 4. The normalized spacial score (nSPS) is 13.1. The van der Waals surface area contributed by atoms with Crippen LogP contribution in [-0.2, 0) is 17.9 Å². The van der Waals surface area contributed by atoms with E-state index in [1.807, 2.05) is 30.3 Å². The van der Waals surface area contributed by atoms with E-state index in [1.54, 1.807) is 47.4 Å². The topological polar surface area (TPSA) is 102 Å². The van der Waals surface area contributed by atoms with Gasteiger partial charge in [0.1, 0.15) is 12.4 Å². The highest BCUT2D eigenvalue weighted by atomic mass is 16.5. The van der Waals surface area contributed by atoms with Crippen molar-refractivity contribution in [1.82, 2.24) is 5.32 Å². The SMILES string of the molecule is NC(=O)c1ccccc1OCc1cccc(C(=O)NCc2cccc(N3CCCC3=O)c2)c1. The van der Waals surface area contributed by atoms with Gasteiger partial charge in [0.15, 0.2) is 0 Å². The lowest BCUT2D eigenvalue weighted by Crippen LogP contribution is -2.25. The van der Waals surface area contributed by atoms with Crippen LogP contribution in [0.3, 0.4) is 0 Å². The molecule has 168 valence electrons. The third kappa shape index (κ3) is 5.38. The Bertz CT molecular complexity index is 1190. The minimum absolute atomic E-state index is 0.133. The molecule has 0 aliphatic carbocycles. The van der Waals surface area contributed by atoms with Crippen LogP contribution in [0, 0.1) is 0 Å². The minimum Gasteiger partial charge on any atom is -0.488 e. The average Bonchev–Trinajstić information content (AvgIpc) is 3.27. The van der Waals surface area contributed by atoms with Crippen molar-refractivity contribution in [1.29, 1.82) is 0 Å². The Balaban J connectivity index is 1.37. The van der Waals surface area contributed by atoms with Gasteiger partial charge in [0.2, 0.25) is 5.91 Å². The lowest BCUT2D eigenvalue weighted by atomic mass is 10.1. The standard InChI is InChI=1S/C26H25N3O4/c27-25(31)22-10-1-2-11-23(22)33-17-19-7-3-8-20(14-19)26(32)28-16-18-6-4-9-21(15-18)29-13-5-12-24(29)30/h1-4,6-11,14-15H,5,12-13,16-17H2,(H2,27,31)(H,28,32). The first-order valence-electron chi connectivity index (χ1n) is 10.8. The van der Waals surface area contributed by atoms with E-state index in [0.717, 1.165) is 29.8 Å². The molecule has 0 spiro atoms. The fourth-order valence-electron chi connectivity index (χ4n) is 3.80. The fraction of sp³-hybridized carbons (Fsp3) is 0.192. The summed E-state index contributed by atoms with van der Waals surface area (Å²) in [5.74, 6) is -0.237. The summed E-state index contributed by atoms with van der Waals surface area (Å²) in [5, 5.41) is 2.92. The van der Waals surface area contributed by atoms with Gasteiger partial charge in [-0.25, -0.2) is 0 Å². The maximum Gasteiger partial charge on any atom is 0.252 e. The van der Waals surface area contributed by atoms with Gasteiger partial charge in [0.25, 0.3) is 11.8 Å². The second-order valence-corrected chi connectivity index (χ2v) is 7.85. The lowest BCUT2D eigenvalue weighted by Gasteiger charge is -2.16. The minimum atomic E-state index is -0.558. The number of para-hydroxylation sites is 1. The predicted octanol–water partition coefficient (Wildman–Crippen LogP) is 3.42. The van der Waals surface area contributed by atoms with Crippen molar-refractivity contribution in [3.8, 4) is 5.75 Å². The van der Waals surface area contributed by atoms with Gasteiger partial charge in [-0.05, 0) is 53.9 Å². The molecular weight excluding hydrogens is 418 g/mol. The molecule has 1 aliphatic rings. The van der Waals surface area contributed by atoms with Crippen LogP contribution in [-0.4, -0.2) is 24.3 Å². The second kappa shape index (κ2) is 9.99. The van der Waals surface area contributed by atoms with E-state index < -0.39 is 5.91 Å². The highest BCUT2D eigenvalue weighted by molar-refractivity contribution is 5.96. The molecule has 3 amide bonds. The molecule has 0 atom stereocenters. The number of nitrogens with zero attached hydrogens (tertiary/aromatic N) is 1. The highest BCUT2D eigenvalue weighted by Crippen LogP contribution is 2.22. The number of carbonyl (C=O) groups excluding carboxylic acids is 3. The molecule has 1 fully saturated rings. The first-order chi connectivity index (χ1) is 16.0. The van der Waals surface area contributed by atoms with Crippen molar-refractivity contribution >= 4 is 23.4 Å². The van der Waals surface area contributed by atoms with Gasteiger partial charge in [-0.3, -0.25) is 14.4 Å². The zero-order valence-electron chi connectivity index (χ0n) is 18.1. The van der Waals surface area contributed by atoms with Crippen LogP contribution >= 0.6 is 0 Å². The summed E-state index contributed by atoms with van der Waals surface area (Å²) in [7, 11) is 0. The summed E-state index contributed by atoms with van der Waals surface area (Å²) in [6.45, 7) is 1.27. The van der Waals surface area contributed by atoms with E-state index in [4.69, 9.17) is 10.5 Å². The molecule has 1 saturated heterocycles. The molecule has 3 aromatic rings. The molecule has 0 aromatic heterocycles. The molecule has 0 unspecified atom stereocenters. The van der Waals surface area contributed by atoms with E-state index >= 15 is 0 Å². The Labute approximate surface area is 192 Å². The van der Waals surface area contributed by atoms with Crippen LogP contribution in [0.25, 0.3) is 0 Å². The van der Waals surface area contributed by atoms with Crippen LogP contribution in [0.5, 0.6) is 5.75 Å². The number of amides is 3. The Morgan fingerprint density at radius 2 is 1.76 bits per heavy atom. The molecule has 0 radical (unpaired) electrons. The average molecular weight is 444 g/mol. The number of carbonyl (C=O) groups is 3. The first-order valence-corrected chi connectivity index (χ1v) is 10.8. The number of benzene rings is 3. The Kier molecular flexibility index (Phi) is 6.69. The van der Waals surface area contributed by atoms with Gasteiger partial charge in [0, 0.05) is 30.8 Å². The van der Waals surface area contributed by atoms with E-state index in [2.05, 4.69) is 5.32 Å². The molecule has 1 heterocycles. The number of hydrogen-bond donors (Lipinski definition) is 2.